The van der Waals surface area contributed by atoms with Crippen LogP contribution in [0.3, 0.4) is 0 Å². The summed E-state index contributed by atoms with van der Waals surface area (Å²) in [7, 11) is 0. The van der Waals surface area contributed by atoms with E-state index in [0.29, 0.717) is 55.1 Å². The Balaban J connectivity index is 0.000000249. The molecule has 0 radical (unpaired) electrons. The first-order valence-corrected chi connectivity index (χ1v) is 19.0. The third-order valence-corrected chi connectivity index (χ3v) is 11.3. The largest absolute Gasteiger partial charge is 0.481 e. The van der Waals surface area contributed by atoms with Gasteiger partial charge in [0.1, 0.15) is 12.3 Å². The van der Waals surface area contributed by atoms with E-state index >= 15 is 0 Å². The average Bonchev–Trinajstić information content (AvgIpc) is 3.80. The minimum Gasteiger partial charge on any atom is -0.481 e. The van der Waals surface area contributed by atoms with Gasteiger partial charge in [-0.3, -0.25) is 14.6 Å². The summed E-state index contributed by atoms with van der Waals surface area (Å²) >= 11 is 2.92. The zero-order valence-corrected chi connectivity index (χ0v) is 31.1. The Morgan fingerprint density at radius 3 is 1.94 bits per heavy atom. The molecule has 0 saturated carbocycles. The summed E-state index contributed by atoms with van der Waals surface area (Å²) < 4.78 is 8.33. The number of carboxylic acids is 2. The van der Waals surface area contributed by atoms with Crippen molar-refractivity contribution in [3.63, 3.8) is 0 Å². The van der Waals surface area contributed by atoms with Gasteiger partial charge >= 0.3 is 24.1 Å². The summed E-state index contributed by atoms with van der Waals surface area (Å²) in [6.45, 7) is 4.14. The van der Waals surface area contributed by atoms with Gasteiger partial charge in [-0.1, -0.05) is 41.7 Å². The molecule has 0 aliphatic carbocycles. The lowest BCUT2D eigenvalue weighted by atomic mass is 10.1. The number of pyridine rings is 1. The molecule has 5 heterocycles. The Labute approximate surface area is 318 Å². The van der Waals surface area contributed by atoms with Crippen molar-refractivity contribution in [1.29, 1.82) is 0 Å². The van der Waals surface area contributed by atoms with Crippen LogP contribution in [0.1, 0.15) is 48.9 Å². The first-order valence-electron chi connectivity index (χ1n) is 17.3. The first kappa shape index (κ1) is 39.9. The number of amides is 2. The molecule has 288 valence electrons. The molecule has 21 heteroatoms. The van der Waals surface area contributed by atoms with Crippen LogP contribution in [0, 0.1) is 6.92 Å². The van der Waals surface area contributed by atoms with Gasteiger partial charge in [-0.05, 0) is 95.6 Å². The second-order valence-electron chi connectivity index (χ2n) is 12.5. The van der Waals surface area contributed by atoms with Crippen LogP contribution >= 0.6 is 23.5 Å². The van der Waals surface area contributed by atoms with E-state index in [1.54, 1.807) is 4.90 Å². The third kappa shape index (κ3) is 12.1. The normalized spacial score (nSPS) is 15.0. The maximum atomic E-state index is 12.6. The van der Waals surface area contributed by atoms with Crippen LogP contribution in [0.25, 0.3) is 0 Å². The zero-order chi connectivity index (χ0) is 38.5. The number of nitrogens with zero attached hydrogens (tertiary/aromatic N) is 11. The summed E-state index contributed by atoms with van der Waals surface area (Å²) in [5.74, 6) is -1.37. The van der Waals surface area contributed by atoms with E-state index in [4.69, 9.17) is 20.1 Å². The van der Waals surface area contributed by atoms with Crippen molar-refractivity contribution in [1.82, 2.24) is 55.2 Å². The minimum atomic E-state index is -1.00. The standard InChI is InChI=1S/C24H28N6O4S.C9H13N5O4S/c1-17-3-2-13-25-21(17)9-6-18-4-7-19(8-5-18)34-24(33)29-14-10-20(11-15-29)35-23-26-27-28-30(23)16-12-22(31)32;15-7(16)5-14-8(10-11-12-14)19-6-1-3-13(4-2-6)9(17)18/h2-5,7-8,13,20H,6,9-12,14-16H2,1H3,(H,31,32);6H,1-5H2,(H,15,16)(H,17,18). The SMILES string of the molecule is Cc1cccnc1CCc1ccc(OC(=O)N2CCC(Sc3nnnn3CCC(=O)O)CC2)cc1.O=C(O)Cn1nnnc1SC1CCN(C(=O)O)CC1. The molecule has 2 aliphatic heterocycles. The van der Waals surface area contributed by atoms with E-state index in [-0.39, 0.29) is 36.1 Å². The molecule has 3 N–H and O–H groups in total. The summed E-state index contributed by atoms with van der Waals surface area (Å²) in [4.78, 5) is 52.3. The maximum absolute atomic E-state index is 12.6. The predicted molar refractivity (Wildman–Crippen MR) is 193 cm³/mol. The van der Waals surface area contributed by atoms with E-state index < -0.39 is 18.0 Å². The molecule has 3 aromatic heterocycles. The van der Waals surface area contributed by atoms with Crippen LogP contribution in [0.4, 0.5) is 9.59 Å². The van der Waals surface area contributed by atoms with Crippen molar-refractivity contribution >= 4 is 47.6 Å². The monoisotopic (exact) mass is 783 g/mol. The van der Waals surface area contributed by atoms with Crippen molar-refractivity contribution in [2.24, 2.45) is 0 Å². The van der Waals surface area contributed by atoms with Crippen molar-refractivity contribution in [2.75, 3.05) is 26.2 Å². The van der Waals surface area contributed by atoms with Gasteiger partial charge in [0.05, 0.1) is 13.0 Å². The average molecular weight is 784 g/mol. The number of hydrogen-bond donors (Lipinski definition) is 3. The highest BCUT2D eigenvalue weighted by atomic mass is 32.2. The van der Waals surface area contributed by atoms with Crippen molar-refractivity contribution in [3.05, 3.63) is 59.4 Å². The number of thioether (sulfide) groups is 2. The molecule has 0 unspecified atom stereocenters. The Bertz CT molecular complexity index is 1860. The van der Waals surface area contributed by atoms with E-state index in [1.165, 1.54) is 48.9 Å². The van der Waals surface area contributed by atoms with E-state index in [2.05, 4.69) is 49.0 Å². The minimum absolute atomic E-state index is 0.0340. The Morgan fingerprint density at radius 2 is 1.37 bits per heavy atom. The molecular formula is C33H41N11O8S2. The number of likely N-dealkylation sites (tertiary alicyclic amines) is 2. The van der Waals surface area contributed by atoms with Gasteiger partial charge in [-0.15, -0.1) is 10.2 Å². The number of aromatic nitrogens is 9. The number of ether oxygens (including phenoxy) is 1. The summed E-state index contributed by atoms with van der Waals surface area (Å²) in [6, 6.07) is 11.6. The summed E-state index contributed by atoms with van der Waals surface area (Å²) in [5.41, 5.74) is 3.46. The molecule has 0 atom stereocenters. The topological polar surface area (TPSA) is 245 Å². The van der Waals surface area contributed by atoms with E-state index in [9.17, 15) is 19.2 Å². The zero-order valence-electron chi connectivity index (χ0n) is 29.5. The van der Waals surface area contributed by atoms with Crippen LogP contribution in [0.5, 0.6) is 5.75 Å². The highest BCUT2D eigenvalue weighted by Gasteiger charge is 2.27. The number of piperidine rings is 2. The number of hydrogen-bond acceptors (Lipinski definition) is 14. The Hall–Kier alpha value is -5.31. The Kier molecular flexibility index (Phi) is 14.5. The number of aliphatic carboxylic acids is 2. The molecule has 2 amide bonds. The van der Waals surface area contributed by atoms with Gasteiger partial charge in [0, 0.05) is 48.6 Å². The van der Waals surface area contributed by atoms with Gasteiger partial charge in [0.25, 0.3) is 0 Å². The van der Waals surface area contributed by atoms with Gasteiger partial charge in [0.2, 0.25) is 10.3 Å². The van der Waals surface area contributed by atoms with Crippen molar-refractivity contribution in [3.8, 4) is 5.75 Å². The van der Waals surface area contributed by atoms with Gasteiger partial charge < -0.3 is 29.9 Å². The lowest BCUT2D eigenvalue weighted by Gasteiger charge is -2.30. The number of carbonyl (C=O) groups excluding carboxylic acids is 1. The summed E-state index contributed by atoms with van der Waals surface area (Å²) in [6.07, 6.45) is 5.23. The predicted octanol–water partition coefficient (Wildman–Crippen LogP) is 3.38. The number of tetrazole rings is 2. The molecule has 54 heavy (non-hydrogen) atoms. The quantitative estimate of drug-likeness (QED) is 0.176. The fourth-order valence-electron chi connectivity index (χ4n) is 5.68. The van der Waals surface area contributed by atoms with Gasteiger partial charge in [-0.2, -0.15) is 0 Å². The second-order valence-corrected chi connectivity index (χ2v) is 15.0. The van der Waals surface area contributed by atoms with Crippen LogP contribution < -0.4 is 4.74 Å². The van der Waals surface area contributed by atoms with Crippen molar-refractivity contribution < 1.29 is 39.2 Å². The smallest absolute Gasteiger partial charge is 0.415 e. The van der Waals surface area contributed by atoms with E-state index in [1.807, 2.05) is 36.5 Å². The number of aryl methyl sites for hydroxylation is 4. The number of carboxylic acid groups (broad SMARTS) is 3. The van der Waals surface area contributed by atoms with Crippen LogP contribution in [0.15, 0.2) is 52.9 Å². The fraction of sp³-hybridized carbons (Fsp3) is 0.485. The number of carbonyl (C=O) groups is 4. The molecule has 0 bridgehead atoms. The molecule has 2 saturated heterocycles. The fourth-order valence-corrected chi connectivity index (χ4v) is 7.81. The molecule has 2 aliphatic rings. The molecular weight excluding hydrogens is 743 g/mol. The Morgan fingerprint density at radius 1 is 0.778 bits per heavy atom. The second kappa shape index (κ2) is 19.7. The van der Waals surface area contributed by atoms with Crippen molar-refractivity contribution in [2.45, 2.75) is 85.8 Å². The maximum Gasteiger partial charge on any atom is 0.415 e. The molecule has 6 rings (SSSR count). The van der Waals surface area contributed by atoms with Gasteiger partial charge in [-0.25, -0.2) is 19.0 Å². The first-order chi connectivity index (χ1) is 26.0. The molecule has 4 aromatic rings. The number of rotatable bonds is 13. The number of benzene rings is 1. The van der Waals surface area contributed by atoms with Gasteiger partial charge in [0.15, 0.2) is 0 Å². The lowest BCUT2D eigenvalue weighted by molar-refractivity contribution is -0.138. The third-order valence-electron chi connectivity index (χ3n) is 8.67. The molecule has 2 fully saturated rings. The lowest BCUT2D eigenvalue weighted by Crippen LogP contribution is -2.41. The molecule has 0 spiro atoms. The van der Waals surface area contributed by atoms with Crippen LogP contribution in [-0.4, -0.2) is 131 Å². The highest BCUT2D eigenvalue weighted by Crippen LogP contribution is 2.30. The molecule has 19 nitrogen and oxygen atoms in total. The highest BCUT2D eigenvalue weighted by molar-refractivity contribution is 8.00. The van der Waals surface area contributed by atoms with E-state index in [0.717, 1.165) is 31.4 Å². The van der Waals surface area contributed by atoms with Crippen LogP contribution in [0.2, 0.25) is 0 Å². The van der Waals surface area contributed by atoms with Crippen LogP contribution in [-0.2, 0) is 35.5 Å². The molecule has 1 aromatic carbocycles. The summed E-state index contributed by atoms with van der Waals surface area (Å²) in [5, 5.41) is 50.3.